The van der Waals surface area contributed by atoms with Crippen LogP contribution in [-0.2, 0) is 20.8 Å². The second-order valence-corrected chi connectivity index (χ2v) is 10.8. The smallest absolute Gasteiger partial charge is 0.328 e. The van der Waals surface area contributed by atoms with Crippen molar-refractivity contribution < 1.29 is 24.6 Å². The van der Waals surface area contributed by atoms with Gasteiger partial charge in [0.2, 0.25) is 0 Å². The second-order valence-electron chi connectivity index (χ2n) is 10.8. The number of nitrogens with one attached hydrogen (secondary N) is 1. The number of aliphatic carboxylic acids is 1. The van der Waals surface area contributed by atoms with E-state index in [1.54, 1.807) is 6.92 Å². The van der Waals surface area contributed by atoms with Crippen LogP contribution in [0.5, 0.6) is 0 Å². The lowest BCUT2D eigenvalue weighted by molar-refractivity contribution is -0.131. The van der Waals surface area contributed by atoms with Crippen LogP contribution in [0.2, 0.25) is 0 Å². The van der Waals surface area contributed by atoms with Crippen LogP contribution in [0.1, 0.15) is 52.5 Å². The monoisotopic (exact) mass is 477 g/mol. The molecule has 1 saturated carbocycles. The lowest BCUT2D eigenvalue weighted by atomic mass is 9.51. The topological polar surface area (TPSA) is 104 Å². The molecule has 6 heteroatoms. The number of hydrogen-bond acceptors (Lipinski definition) is 4. The first-order chi connectivity index (χ1) is 16.5. The van der Waals surface area contributed by atoms with Crippen molar-refractivity contribution in [1.82, 2.24) is 5.32 Å². The maximum atomic E-state index is 13.5. The summed E-state index contributed by atoms with van der Waals surface area (Å²) in [5.74, 6) is -1.90. The molecule has 1 aromatic carbocycles. The Bertz CT molecular complexity index is 1130. The number of rotatable bonds is 5. The molecule has 0 radical (unpaired) electrons. The zero-order valence-electron chi connectivity index (χ0n) is 20.9. The van der Waals surface area contributed by atoms with Gasteiger partial charge < -0.3 is 15.5 Å². The molecule has 6 nitrogen and oxygen atoms in total. The first-order valence-corrected chi connectivity index (χ1v) is 12.5. The highest BCUT2D eigenvalue weighted by Gasteiger charge is 2.55. The van der Waals surface area contributed by atoms with Crippen molar-refractivity contribution in [2.24, 2.45) is 29.1 Å². The minimum Gasteiger partial charge on any atom is -0.511 e. The third-order valence-electron chi connectivity index (χ3n) is 8.40. The minimum atomic E-state index is -1.05. The molecule has 2 aliphatic carbocycles. The number of Topliss-reactive ketones (excluding diaryl/α,β-unsaturated/α-hetero) is 1. The predicted octanol–water partition coefficient (Wildman–Crippen LogP) is 4.77. The van der Waals surface area contributed by atoms with Gasteiger partial charge in [0.05, 0.1) is 6.04 Å². The largest absolute Gasteiger partial charge is 0.511 e. The Hall–Kier alpha value is -3.15. The molecular formula is C29H35NO5. The number of carboxylic acids is 1. The number of hydrogen-bond donors (Lipinski definition) is 3. The summed E-state index contributed by atoms with van der Waals surface area (Å²) in [4.78, 5) is 38.1. The van der Waals surface area contributed by atoms with Crippen LogP contribution in [0.4, 0.5) is 0 Å². The standard InChI is InChI=1S/C29H35NO5/c1-16-10-11-21-20(12-16)13-17(2)25(18(3)14-23(31)32)29(21,4)27(34)24-26(33)22(30-28(24)35)15-19-8-6-5-7-9-19/h5-9,13-14,16,20-22,25,34H,10-12,15H2,1-4H3,(H,30,35)(H,31,32)/b18-14+,27-24+/t16-,20+,21-,22-,25+,29+/m0/s1. The van der Waals surface area contributed by atoms with Gasteiger partial charge >= 0.3 is 5.97 Å². The van der Waals surface area contributed by atoms with Gasteiger partial charge in [-0.2, -0.15) is 0 Å². The number of aliphatic hydroxyl groups is 1. The van der Waals surface area contributed by atoms with E-state index in [1.165, 1.54) is 6.08 Å². The van der Waals surface area contributed by atoms with Gasteiger partial charge in [-0.1, -0.05) is 67.8 Å². The van der Waals surface area contributed by atoms with E-state index < -0.39 is 35.0 Å². The van der Waals surface area contributed by atoms with Crippen LogP contribution in [0.3, 0.4) is 0 Å². The summed E-state index contributed by atoms with van der Waals surface area (Å²) in [6.45, 7) is 7.85. The number of fused-ring (bicyclic) bond motifs is 1. The molecule has 0 unspecified atom stereocenters. The highest BCUT2D eigenvalue weighted by Crippen LogP contribution is 2.59. The molecule has 1 saturated heterocycles. The highest BCUT2D eigenvalue weighted by atomic mass is 16.4. The Morgan fingerprint density at radius 3 is 2.51 bits per heavy atom. The summed E-state index contributed by atoms with van der Waals surface area (Å²) in [7, 11) is 0. The number of carbonyl (C=O) groups excluding carboxylic acids is 2. The lowest BCUT2D eigenvalue weighted by Gasteiger charge is -2.53. The summed E-state index contributed by atoms with van der Waals surface area (Å²) in [6, 6.07) is 8.74. The van der Waals surface area contributed by atoms with Crippen molar-refractivity contribution in [2.75, 3.05) is 0 Å². The Labute approximate surface area is 206 Å². The van der Waals surface area contributed by atoms with Gasteiger partial charge in [-0.15, -0.1) is 0 Å². The molecule has 1 amide bonds. The number of carboxylic acid groups (broad SMARTS) is 1. The molecule has 35 heavy (non-hydrogen) atoms. The van der Waals surface area contributed by atoms with Crippen molar-refractivity contribution in [3.63, 3.8) is 0 Å². The number of benzene rings is 1. The zero-order chi connectivity index (χ0) is 25.5. The SMILES string of the molecule is CC1=C[C@H]2C[C@@H](C)CC[C@@H]2[C@@](C)(/C(O)=C2\C(=O)N[C@@H](Cc3ccccc3)C2=O)[C@H]1/C(C)=C/C(=O)O. The maximum absolute atomic E-state index is 13.5. The van der Waals surface area contributed by atoms with Crippen LogP contribution < -0.4 is 5.32 Å². The fourth-order valence-electron chi connectivity index (χ4n) is 6.97. The molecular weight excluding hydrogens is 442 g/mol. The maximum Gasteiger partial charge on any atom is 0.328 e. The molecule has 0 aromatic heterocycles. The number of allylic oxidation sites excluding steroid dienone is 4. The zero-order valence-corrected chi connectivity index (χ0v) is 20.9. The van der Waals surface area contributed by atoms with Crippen molar-refractivity contribution in [3.8, 4) is 0 Å². The fraction of sp³-hybridized carbons (Fsp3) is 0.483. The average Bonchev–Trinajstić information content (AvgIpc) is 3.05. The summed E-state index contributed by atoms with van der Waals surface area (Å²) in [5, 5.41) is 24.1. The molecule has 1 aliphatic heterocycles. The predicted molar refractivity (Wildman–Crippen MR) is 133 cm³/mol. The molecule has 2 fully saturated rings. The van der Waals surface area contributed by atoms with Gasteiger partial charge in [0, 0.05) is 23.8 Å². The van der Waals surface area contributed by atoms with E-state index >= 15 is 0 Å². The Kier molecular flexibility index (Phi) is 6.76. The van der Waals surface area contributed by atoms with E-state index in [0.29, 0.717) is 17.9 Å². The average molecular weight is 478 g/mol. The van der Waals surface area contributed by atoms with Crippen molar-refractivity contribution in [2.45, 2.75) is 59.4 Å². The van der Waals surface area contributed by atoms with Crippen LogP contribution in [0.15, 0.2) is 65.0 Å². The van der Waals surface area contributed by atoms with E-state index in [9.17, 15) is 24.6 Å². The Morgan fingerprint density at radius 2 is 1.86 bits per heavy atom. The normalized spacial score (nSPS) is 34.7. The van der Waals surface area contributed by atoms with Gasteiger partial charge in [-0.3, -0.25) is 9.59 Å². The Balaban J connectivity index is 1.81. The van der Waals surface area contributed by atoms with E-state index in [2.05, 4.69) is 18.3 Å². The molecule has 0 bridgehead atoms. The van der Waals surface area contributed by atoms with Crippen LogP contribution in [0.25, 0.3) is 0 Å². The van der Waals surface area contributed by atoms with Gasteiger partial charge in [-0.05, 0) is 50.0 Å². The molecule has 6 atom stereocenters. The summed E-state index contributed by atoms with van der Waals surface area (Å²) in [6.07, 6.45) is 6.53. The molecule has 3 N–H and O–H groups in total. The van der Waals surface area contributed by atoms with Crippen LogP contribution >= 0.6 is 0 Å². The van der Waals surface area contributed by atoms with Gasteiger partial charge in [0.1, 0.15) is 11.3 Å². The quantitative estimate of drug-likeness (QED) is 0.245. The highest BCUT2D eigenvalue weighted by molar-refractivity contribution is 6.27. The van der Waals surface area contributed by atoms with Crippen molar-refractivity contribution >= 4 is 17.7 Å². The molecule has 1 heterocycles. The fourth-order valence-corrected chi connectivity index (χ4v) is 6.97. The van der Waals surface area contributed by atoms with E-state index in [0.717, 1.165) is 30.4 Å². The summed E-state index contributed by atoms with van der Waals surface area (Å²) >= 11 is 0. The summed E-state index contributed by atoms with van der Waals surface area (Å²) < 4.78 is 0. The molecule has 0 spiro atoms. The molecule has 186 valence electrons. The van der Waals surface area contributed by atoms with E-state index in [1.807, 2.05) is 44.2 Å². The first kappa shape index (κ1) is 25.0. The second kappa shape index (κ2) is 9.48. The van der Waals surface area contributed by atoms with Gasteiger partial charge in [0.15, 0.2) is 5.78 Å². The third-order valence-corrected chi connectivity index (χ3v) is 8.40. The third kappa shape index (κ3) is 4.46. The minimum absolute atomic E-state index is 0.00850. The van der Waals surface area contributed by atoms with Crippen molar-refractivity contribution in [1.29, 1.82) is 0 Å². The van der Waals surface area contributed by atoms with Gasteiger partial charge in [-0.25, -0.2) is 4.79 Å². The number of carbonyl (C=O) groups is 3. The molecule has 1 aromatic rings. The van der Waals surface area contributed by atoms with E-state index in [-0.39, 0.29) is 23.2 Å². The molecule has 3 aliphatic rings. The van der Waals surface area contributed by atoms with E-state index in [4.69, 9.17) is 0 Å². The summed E-state index contributed by atoms with van der Waals surface area (Å²) in [5.41, 5.74) is 1.35. The van der Waals surface area contributed by atoms with Crippen LogP contribution in [-0.4, -0.2) is 33.9 Å². The number of ketones is 1. The van der Waals surface area contributed by atoms with Crippen LogP contribution in [0, 0.1) is 29.1 Å². The van der Waals surface area contributed by atoms with Crippen molar-refractivity contribution in [3.05, 3.63) is 70.5 Å². The first-order valence-electron chi connectivity index (χ1n) is 12.5. The number of aliphatic hydroxyl groups excluding tert-OH is 1. The lowest BCUT2D eigenvalue weighted by Crippen LogP contribution is -2.47. The molecule has 4 rings (SSSR count). The Morgan fingerprint density at radius 1 is 1.17 bits per heavy atom. The number of amides is 1. The van der Waals surface area contributed by atoms with Gasteiger partial charge in [0.25, 0.3) is 5.91 Å².